The van der Waals surface area contributed by atoms with Gasteiger partial charge < -0.3 is 0 Å². The third-order valence-electron chi connectivity index (χ3n) is 0.816. The van der Waals surface area contributed by atoms with Crippen LogP contribution in [0.25, 0.3) is 0 Å². The highest BCUT2D eigenvalue weighted by Gasteiger charge is 1.90. The molecule has 0 atom stereocenters. The molecule has 0 aromatic carbocycles. The fourth-order valence-electron chi connectivity index (χ4n) is 0.428. The zero-order chi connectivity index (χ0) is 8.74. The predicted molar refractivity (Wildman–Crippen MR) is 48.5 cm³/mol. The van der Waals surface area contributed by atoms with Crippen molar-refractivity contribution in [1.82, 2.24) is 0 Å². The van der Waals surface area contributed by atoms with Gasteiger partial charge in [-0.1, -0.05) is 6.08 Å². The number of nitrogens with zero attached hydrogens (tertiary/aromatic N) is 1. The number of hydrogen-bond donors (Lipinski definition) is 0. The lowest BCUT2D eigenvalue weighted by molar-refractivity contribution is 0.610. The van der Waals surface area contributed by atoms with Gasteiger partial charge in [-0.25, -0.2) is 13.4 Å². The standard InChI is InChI=1S/C6H9NO2S2/c1-11(8,9)5-3-2-4-7-6-10/h3,5H,2,4H2,1H3. The highest BCUT2D eigenvalue weighted by atomic mass is 32.2. The molecule has 0 heterocycles. The summed E-state index contributed by atoms with van der Waals surface area (Å²) in [5.41, 5.74) is 0. The number of sulfone groups is 1. The summed E-state index contributed by atoms with van der Waals surface area (Å²) >= 11 is 4.32. The first kappa shape index (κ1) is 10.5. The van der Waals surface area contributed by atoms with E-state index in [4.69, 9.17) is 0 Å². The molecule has 62 valence electrons. The van der Waals surface area contributed by atoms with Crippen molar-refractivity contribution in [3.8, 4) is 0 Å². The topological polar surface area (TPSA) is 46.5 Å². The molecule has 0 rings (SSSR count). The second-order valence-corrected chi connectivity index (χ2v) is 4.08. The molecule has 0 aliphatic heterocycles. The highest BCUT2D eigenvalue weighted by molar-refractivity contribution is 7.93. The predicted octanol–water partition coefficient (Wildman–Crippen LogP) is 1.04. The van der Waals surface area contributed by atoms with Crippen molar-refractivity contribution < 1.29 is 8.42 Å². The van der Waals surface area contributed by atoms with E-state index in [1.807, 2.05) is 0 Å². The summed E-state index contributed by atoms with van der Waals surface area (Å²) in [6.45, 7) is 0.496. The van der Waals surface area contributed by atoms with E-state index >= 15 is 0 Å². The minimum absolute atomic E-state index is 0.496. The minimum Gasteiger partial charge on any atom is -0.232 e. The smallest absolute Gasteiger partial charge is 0.168 e. The Balaban J connectivity index is 3.71. The summed E-state index contributed by atoms with van der Waals surface area (Å²) in [4.78, 5) is 3.61. The third kappa shape index (κ3) is 9.49. The maximum absolute atomic E-state index is 10.5. The van der Waals surface area contributed by atoms with Gasteiger partial charge in [0.2, 0.25) is 0 Å². The molecule has 0 aromatic rings. The molecule has 0 unspecified atom stereocenters. The van der Waals surface area contributed by atoms with Crippen molar-refractivity contribution in [2.45, 2.75) is 6.42 Å². The number of isothiocyanates is 1. The van der Waals surface area contributed by atoms with Crippen molar-refractivity contribution >= 4 is 27.2 Å². The van der Waals surface area contributed by atoms with Crippen LogP contribution in [0.3, 0.4) is 0 Å². The molecule has 0 amide bonds. The number of hydrogen-bond acceptors (Lipinski definition) is 4. The maximum Gasteiger partial charge on any atom is 0.168 e. The van der Waals surface area contributed by atoms with E-state index < -0.39 is 9.84 Å². The lowest BCUT2D eigenvalue weighted by Crippen LogP contribution is -1.88. The Morgan fingerprint density at radius 1 is 1.64 bits per heavy atom. The van der Waals surface area contributed by atoms with Crippen LogP contribution in [0.2, 0.25) is 0 Å². The van der Waals surface area contributed by atoms with E-state index in [1.54, 1.807) is 6.08 Å². The second-order valence-electron chi connectivity index (χ2n) is 1.96. The lowest BCUT2D eigenvalue weighted by Gasteiger charge is -1.84. The summed E-state index contributed by atoms with van der Waals surface area (Å²) in [7, 11) is -2.98. The molecule has 0 fully saturated rings. The van der Waals surface area contributed by atoms with E-state index in [-0.39, 0.29) is 0 Å². The molecule has 0 spiro atoms. The minimum atomic E-state index is -2.98. The largest absolute Gasteiger partial charge is 0.232 e. The molecule has 0 bridgehead atoms. The average Bonchev–Trinajstić information content (AvgIpc) is 1.85. The van der Waals surface area contributed by atoms with E-state index in [0.29, 0.717) is 13.0 Å². The monoisotopic (exact) mass is 191 g/mol. The molecule has 0 radical (unpaired) electrons. The van der Waals surface area contributed by atoms with Gasteiger partial charge in [-0.3, -0.25) is 0 Å². The van der Waals surface area contributed by atoms with Crippen LogP contribution in [0.4, 0.5) is 0 Å². The Morgan fingerprint density at radius 2 is 2.27 bits per heavy atom. The van der Waals surface area contributed by atoms with Crippen molar-refractivity contribution in [2.24, 2.45) is 4.99 Å². The molecule has 0 saturated carbocycles. The Morgan fingerprint density at radius 3 is 2.73 bits per heavy atom. The van der Waals surface area contributed by atoms with Crippen LogP contribution >= 0.6 is 12.2 Å². The van der Waals surface area contributed by atoms with Crippen LogP contribution in [0.1, 0.15) is 6.42 Å². The molecule has 0 aromatic heterocycles. The Hall–Kier alpha value is -0.510. The summed E-state index contributed by atoms with van der Waals surface area (Å²) < 4.78 is 21.0. The molecular weight excluding hydrogens is 182 g/mol. The van der Waals surface area contributed by atoms with E-state index in [9.17, 15) is 8.42 Å². The van der Waals surface area contributed by atoms with Crippen LogP contribution < -0.4 is 0 Å². The maximum atomic E-state index is 10.5. The Kier molecular flexibility index (Phi) is 4.94. The Labute approximate surface area is 71.8 Å². The second kappa shape index (κ2) is 5.18. The van der Waals surface area contributed by atoms with Crippen molar-refractivity contribution in [3.05, 3.63) is 11.5 Å². The first-order valence-electron chi connectivity index (χ1n) is 2.96. The summed E-state index contributed by atoms with van der Waals surface area (Å²) in [5.74, 6) is 0. The molecule has 0 saturated heterocycles. The normalized spacial score (nSPS) is 11.4. The van der Waals surface area contributed by atoms with Crippen LogP contribution in [-0.2, 0) is 9.84 Å². The SMILES string of the molecule is CS(=O)(=O)C=CCCN=C=S. The number of thiocarbonyl (C=S) groups is 1. The first-order chi connectivity index (χ1) is 5.06. The van der Waals surface area contributed by atoms with Gasteiger partial charge in [-0.2, -0.15) is 0 Å². The first-order valence-corrected chi connectivity index (χ1v) is 5.33. The zero-order valence-corrected chi connectivity index (χ0v) is 7.78. The number of aliphatic imine (C=N–C) groups is 1. The van der Waals surface area contributed by atoms with Gasteiger partial charge in [0.25, 0.3) is 0 Å². The molecule has 0 aliphatic carbocycles. The molecule has 3 nitrogen and oxygen atoms in total. The fraction of sp³-hybridized carbons (Fsp3) is 0.500. The fourth-order valence-corrected chi connectivity index (χ4v) is 1.00. The van der Waals surface area contributed by atoms with Crippen molar-refractivity contribution in [2.75, 3.05) is 12.8 Å². The van der Waals surface area contributed by atoms with Gasteiger partial charge in [0, 0.05) is 11.7 Å². The van der Waals surface area contributed by atoms with Crippen LogP contribution in [-0.4, -0.2) is 26.4 Å². The van der Waals surface area contributed by atoms with Gasteiger partial charge in [-0.15, -0.1) is 0 Å². The summed E-state index contributed by atoms with van der Waals surface area (Å²) in [6, 6.07) is 0. The molecular formula is C6H9NO2S2. The molecule has 0 aliphatic rings. The van der Waals surface area contributed by atoms with Gasteiger partial charge in [-0.05, 0) is 18.6 Å². The van der Waals surface area contributed by atoms with Gasteiger partial charge >= 0.3 is 0 Å². The molecule has 11 heavy (non-hydrogen) atoms. The van der Waals surface area contributed by atoms with Gasteiger partial charge in [0.1, 0.15) is 0 Å². The quantitative estimate of drug-likeness (QED) is 0.379. The average molecular weight is 191 g/mol. The molecule has 5 heteroatoms. The van der Waals surface area contributed by atoms with Crippen LogP contribution in [0.5, 0.6) is 0 Å². The van der Waals surface area contributed by atoms with Gasteiger partial charge in [0.15, 0.2) is 9.84 Å². The van der Waals surface area contributed by atoms with Crippen molar-refractivity contribution in [3.63, 3.8) is 0 Å². The third-order valence-corrected chi connectivity index (χ3v) is 1.63. The summed E-state index contributed by atoms with van der Waals surface area (Å²) in [5, 5.41) is 3.35. The summed E-state index contributed by atoms with van der Waals surface area (Å²) in [6.07, 6.45) is 3.27. The van der Waals surface area contributed by atoms with E-state index in [1.165, 1.54) is 0 Å². The van der Waals surface area contributed by atoms with Gasteiger partial charge in [0.05, 0.1) is 11.7 Å². The lowest BCUT2D eigenvalue weighted by atomic mass is 10.4. The number of rotatable bonds is 4. The van der Waals surface area contributed by atoms with Crippen LogP contribution in [0, 0.1) is 0 Å². The van der Waals surface area contributed by atoms with E-state index in [2.05, 4.69) is 22.4 Å². The molecule has 0 N–H and O–H groups in total. The highest BCUT2D eigenvalue weighted by Crippen LogP contribution is 1.89. The zero-order valence-electron chi connectivity index (χ0n) is 6.15. The van der Waals surface area contributed by atoms with Crippen molar-refractivity contribution in [1.29, 1.82) is 0 Å². The Bertz CT molecular complexity index is 273. The van der Waals surface area contributed by atoms with Crippen LogP contribution in [0.15, 0.2) is 16.5 Å². The van der Waals surface area contributed by atoms with E-state index in [0.717, 1.165) is 11.7 Å².